The second-order valence-corrected chi connectivity index (χ2v) is 7.12. The molecule has 0 amide bonds. The molecule has 0 saturated heterocycles. The van der Waals surface area contributed by atoms with Gasteiger partial charge in [-0.3, -0.25) is 0 Å². The Morgan fingerprint density at radius 1 is 1.19 bits per heavy atom. The molecule has 1 spiro atoms. The molecule has 2 fully saturated rings. The van der Waals surface area contributed by atoms with E-state index in [0.717, 1.165) is 12.2 Å². The smallest absolute Gasteiger partial charge is 0.119 e. The highest BCUT2D eigenvalue weighted by Crippen LogP contribution is 2.52. The topological polar surface area (TPSA) is 35.2 Å². The second-order valence-electron chi connectivity index (χ2n) is 7.12. The molecule has 2 saturated carbocycles. The van der Waals surface area contributed by atoms with Crippen LogP contribution < -0.4 is 10.5 Å². The summed E-state index contributed by atoms with van der Waals surface area (Å²) in [4.78, 5) is 0. The lowest BCUT2D eigenvalue weighted by Crippen LogP contribution is -2.64. The minimum absolute atomic E-state index is 0.271. The summed E-state index contributed by atoms with van der Waals surface area (Å²) >= 11 is 0. The van der Waals surface area contributed by atoms with Crippen molar-refractivity contribution in [2.75, 3.05) is 0 Å². The second kappa shape index (κ2) is 6.00. The molecule has 3 rings (SSSR count). The number of rotatable bonds is 4. The van der Waals surface area contributed by atoms with Crippen LogP contribution in [0.1, 0.15) is 70.3 Å². The van der Waals surface area contributed by atoms with Crippen molar-refractivity contribution in [3.05, 3.63) is 29.8 Å². The van der Waals surface area contributed by atoms with Gasteiger partial charge in [0.25, 0.3) is 0 Å². The predicted octanol–water partition coefficient (Wildman–Crippen LogP) is 4.63. The molecule has 2 aliphatic carbocycles. The van der Waals surface area contributed by atoms with Crippen LogP contribution in [0.5, 0.6) is 5.75 Å². The van der Waals surface area contributed by atoms with E-state index in [0.29, 0.717) is 18.1 Å². The van der Waals surface area contributed by atoms with Gasteiger partial charge in [0.05, 0.1) is 0 Å². The lowest BCUT2D eigenvalue weighted by atomic mass is 9.55. The maximum absolute atomic E-state index is 6.33. The Bertz CT molecular complexity index is 461. The highest BCUT2D eigenvalue weighted by atomic mass is 16.5. The van der Waals surface area contributed by atoms with Crippen LogP contribution >= 0.6 is 0 Å². The third-order valence-electron chi connectivity index (χ3n) is 5.97. The number of hydrogen-bond acceptors (Lipinski definition) is 2. The normalized spacial score (nSPS) is 28.9. The molecule has 1 aromatic carbocycles. The van der Waals surface area contributed by atoms with Crippen LogP contribution in [0.2, 0.25) is 0 Å². The minimum atomic E-state index is 0.271. The Morgan fingerprint density at radius 2 is 1.86 bits per heavy atom. The lowest BCUT2D eigenvalue weighted by Gasteiger charge is -2.56. The van der Waals surface area contributed by atoms with Crippen LogP contribution in [-0.2, 0) is 0 Å². The third kappa shape index (κ3) is 2.70. The number of ether oxygens (including phenoxy) is 1. The molecule has 0 bridgehead atoms. The summed E-state index contributed by atoms with van der Waals surface area (Å²) in [6.07, 6.45) is 9.05. The van der Waals surface area contributed by atoms with Crippen LogP contribution in [0, 0.1) is 5.41 Å². The molecule has 21 heavy (non-hydrogen) atoms. The van der Waals surface area contributed by atoms with Gasteiger partial charge in [0.2, 0.25) is 0 Å². The Kier molecular flexibility index (Phi) is 4.26. The van der Waals surface area contributed by atoms with Crippen LogP contribution in [0.3, 0.4) is 0 Å². The average Bonchev–Trinajstić information content (AvgIpc) is 2.55. The first-order valence-corrected chi connectivity index (χ1v) is 8.68. The molecule has 1 aromatic rings. The summed E-state index contributed by atoms with van der Waals surface area (Å²) in [5.41, 5.74) is 8.01. The first kappa shape index (κ1) is 14.9. The van der Waals surface area contributed by atoms with E-state index in [9.17, 15) is 0 Å². The van der Waals surface area contributed by atoms with Gasteiger partial charge in [0.1, 0.15) is 11.9 Å². The largest absolute Gasteiger partial charge is 0.490 e. The Hall–Kier alpha value is -1.02. The summed E-state index contributed by atoms with van der Waals surface area (Å²) in [7, 11) is 0. The number of benzene rings is 1. The molecule has 2 nitrogen and oxygen atoms in total. The summed E-state index contributed by atoms with van der Waals surface area (Å²) in [6.45, 7) is 4.51. The van der Waals surface area contributed by atoms with Crippen molar-refractivity contribution >= 4 is 0 Å². The zero-order valence-corrected chi connectivity index (χ0v) is 13.5. The van der Waals surface area contributed by atoms with E-state index in [1.54, 1.807) is 0 Å². The first-order chi connectivity index (χ1) is 10.2. The van der Waals surface area contributed by atoms with E-state index in [1.165, 1.54) is 44.1 Å². The van der Waals surface area contributed by atoms with E-state index in [1.807, 2.05) is 0 Å². The minimum Gasteiger partial charge on any atom is -0.490 e. The Morgan fingerprint density at radius 3 is 2.43 bits per heavy atom. The zero-order chi connectivity index (χ0) is 14.9. The van der Waals surface area contributed by atoms with Crippen LogP contribution in [-0.4, -0.2) is 12.1 Å². The molecule has 0 radical (unpaired) electrons. The fraction of sp³-hybridized carbons (Fsp3) is 0.684. The molecule has 2 N–H and O–H groups in total. The van der Waals surface area contributed by atoms with Crippen molar-refractivity contribution in [2.45, 2.75) is 76.9 Å². The van der Waals surface area contributed by atoms with E-state index >= 15 is 0 Å². The first-order valence-electron chi connectivity index (χ1n) is 8.68. The number of nitrogens with two attached hydrogens (primary N) is 1. The Balaban J connectivity index is 1.66. The van der Waals surface area contributed by atoms with E-state index in [2.05, 4.69) is 38.1 Å². The van der Waals surface area contributed by atoms with Crippen molar-refractivity contribution < 1.29 is 4.74 Å². The maximum Gasteiger partial charge on any atom is 0.119 e. The summed E-state index contributed by atoms with van der Waals surface area (Å²) in [5.74, 6) is 1.64. The quantitative estimate of drug-likeness (QED) is 0.876. The lowest BCUT2D eigenvalue weighted by molar-refractivity contribution is -0.0898. The van der Waals surface area contributed by atoms with Crippen LogP contribution in [0.4, 0.5) is 0 Å². The summed E-state index contributed by atoms with van der Waals surface area (Å²) < 4.78 is 6.30. The monoisotopic (exact) mass is 287 g/mol. The van der Waals surface area contributed by atoms with Crippen molar-refractivity contribution in [2.24, 2.45) is 11.1 Å². The van der Waals surface area contributed by atoms with Crippen molar-refractivity contribution in [3.8, 4) is 5.75 Å². The molecule has 0 aromatic heterocycles. The molecular weight excluding hydrogens is 258 g/mol. The fourth-order valence-corrected chi connectivity index (χ4v) is 4.12. The maximum atomic E-state index is 6.33. The highest BCUT2D eigenvalue weighted by molar-refractivity contribution is 5.30. The van der Waals surface area contributed by atoms with Gasteiger partial charge in [0.15, 0.2) is 0 Å². The van der Waals surface area contributed by atoms with E-state index in [4.69, 9.17) is 10.5 Å². The molecule has 3 atom stereocenters. The SMILES string of the molecule is CCC(C)c1ccc(OC2CC(N)C23CCCCC3)cc1. The molecule has 116 valence electrons. The van der Waals surface area contributed by atoms with Crippen molar-refractivity contribution in [3.63, 3.8) is 0 Å². The van der Waals surface area contributed by atoms with Gasteiger partial charge in [-0.2, -0.15) is 0 Å². The molecule has 0 heterocycles. The van der Waals surface area contributed by atoms with Gasteiger partial charge >= 0.3 is 0 Å². The van der Waals surface area contributed by atoms with Gasteiger partial charge in [-0.1, -0.05) is 45.2 Å². The standard InChI is InChI=1S/C19H29NO/c1-3-14(2)15-7-9-16(10-8-15)21-18-13-17(20)19(18)11-5-4-6-12-19/h7-10,14,17-18H,3-6,11-13,20H2,1-2H3. The zero-order valence-electron chi connectivity index (χ0n) is 13.5. The van der Waals surface area contributed by atoms with E-state index < -0.39 is 0 Å². The van der Waals surface area contributed by atoms with Gasteiger partial charge in [-0.05, 0) is 42.9 Å². The van der Waals surface area contributed by atoms with Crippen LogP contribution in [0.25, 0.3) is 0 Å². The Labute approximate surface area is 129 Å². The van der Waals surface area contributed by atoms with Crippen molar-refractivity contribution in [1.82, 2.24) is 0 Å². The van der Waals surface area contributed by atoms with Gasteiger partial charge < -0.3 is 10.5 Å². The molecular formula is C19H29NO. The molecule has 2 heteroatoms. The fourth-order valence-electron chi connectivity index (χ4n) is 4.12. The molecule has 2 aliphatic rings. The summed E-state index contributed by atoms with van der Waals surface area (Å²) in [6, 6.07) is 9.07. The average molecular weight is 287 g/mol. The van der Waals surface area contributed by atoms with Gasteiger partial charge in [-0.25, -0.2) is 0 Å². The van der Waals surface area contributed by atoms with Crippen LogP contribution in [0.15, 0.2) is 24.3 Å². The predicted molar refractivity (Wildman–Crippen MR) is 87.7 cm³/mol. The number of hydrogen-bond donors (Lipinski definition) is 1. The highest BCUT2D eigenvalue weighted by Gasteiger charge is 2.54. The molecule has 0 aliphatic heterocycles. The van der Waals surface area contributed by atoms with Gasteiger partial charge in [-0.15, -0.1) is 0 Å². The third-order valence-corrected chi connectivity index (χ3v) is 5.97. The molecule has 3 unspecified atom stereocenters. The van der Waals surface area contributed by atoms with Gasteiger partial charge in [0, 0.05) is 17.9 Å². The summed E-state index contributed by atoms with van der Waals surface area (Å²) in [5, 5.41) is 0. The van der Waals surface area contributed by atoms with Crippen molar-refractivity contribution in [1.29, 1.82) is 0 Å². The van der Waals surface area contributed by atoms with E-state index in [-0.39, 0.29) is 5.41 Å².